The first-order valence-electron chi connectivity index (χ1n) is 13.4. The lowest BCUT2D eigenvalue weighted by molar-refractivity contribution is 0.0235. The highest BCUT2D eigenvalue weighted by Gasteiger charge is 2.24. The van der Waals surface area contributed by atoms with Gasteiger partial charge in [0.2, 0.25) is 5.95 Å². The van der Waals surface area contributed by atoms with Crippen molar-refractivity contribution in [3.63, 3.8) is 0 Å². The van der Waals surface area contributed by atoms with E-state index in [0.29, 0.717) is 0 Å². The number of aromatic nitrogens is 3. The van der Waals surface area contributed by atoms with Crippen molar-refractivity contribution in [3.8, 4) is 0 Å². The fourth-order valence-corrected chi connectivity index (χ4v) is 4.89. The van der Waals surface area contributed by atoms with Crippen molar-refractivity contribution in [3.05, 3.63) is 95.6 Å². The van der Waals surface area contributed by atoms with Gasteiger partial charge in [0.15, 0.2) is 5.82 Å². The smallest absolute Gasteiger partial charge is 0.201 e. The molecule has 0 aliphatic rings. The lowest BCUT2D eigenvalue weighted by Gasteiger charge is -2.26. The van der Waals surface area contributed by atoms with Crippen molar-refractivity contribution in [1.29, 1.82) is 0 Å². The molecule has 6 heteroatoms. The Kier molecular flexibility index (Phi) is 7.61. The van der Waals surface area contributed by atoms with Crippen molar-refractivity contribution in [1.82, 2.24) is 15.0 Å². The molecule has 38 heavy (non-hydrogen) atoms. The number of anilines is 2. The van der Waals surface area contributed by atoms with Crippen LogP contribution in [0.15, 0.2) is 78.9 Å². The van der Waals surface area contributed by atoms with E-state index in [1.165, 1.54) is 16.7 Å². The Morgan fingerprint density at radius 1 is 0.868 bits per heavy atom. The molecule has 0 saturated heterocycles. The Labute approximate surface area is 225 Å². The minimum Gasteiger partial charge on any atom is -0.378 e. The molecule has 0 aliphatic carbocycles. The van der Waals surface area contributed by atoms with Crippen LogP contribution in [0.2, 0.25) is 0 Å². The number of ether oxygens (including phenoxy) is 1. The molecule has 0 aliphatic heterocycles. The van der Waals surface area contributed by atoms with Gasteiger partial charge >= 0.3 is 0 Å². The Morgan fingerprint density at radius 3 is 2.13 bits per heavy atom. The highest BCUT2D eigenvalue weighted by atomic mass is 16.5. The van der Waals surface area contributed by atoms with Crippen LogP contribution in [0, 0.1) is 0 Å². The van der Waals surface area contributed by atoms with Crippen LogP contribution in [0.25, 0.3) is 21.9 Å². The van der Waals surface area contributed by atoms with E-state index < -0.39 is 0 Å². The molecule has 0 atom stereocenters. The van der Waals surface area contributed by atoms with Crippen LogP contribution < -0.4 is 10.2 Å². The molecular formula is C32H37N5O. The molecule has 5 rings (SSSR count). The van der Waals surface area contributed by atoms with E-state index in [-0.39, 0.29) is 5.60 Å². The van der Waals surface area contributed by atoms with Gasteiger partial charge in [0.05, 0.1) is 11.1 Å². The molecule has 0 radical (unpaired) electrons. The molecule has 0 bridgehead atoms. The number of hydrogen-bond acceptors (Lipinski definition) is 5. The molecule has 2 N–H and O–H groups in total. The Hall–Kier alpha value is -3.90. The van der Waals surface area contributed by atoms with E-state index in [9.17, 15) is 0 Å². The number of H-pyrrole nitrogens is 1. The van der Waals surface area contributed by atoms with Crippen molar-refractivity contribution in [2.24, 2.45) is 0 Å². The standard InChI is InChI=1S/C32H37N5O/c1-5-19-33-31-35-28-27-25(20-32(2,3)38-4)17-12-18-26(27)34-30(29(28)36-31)37(21-23-13-8-6-9-14-23)22-24-15-10-7-11-16-24/h6-18H,5,19-22H2,1-4H3,(H2,33,35,36). The van der Waals surface area contributed by atoms with Crippen LogP contribution >= 0.6 is 0 Å². The molecule has 6 nitrogen and oxygen atoms in total. The molecule has 2 heterocycles. The van der Waals surface area contributed by atoms with Gasteiger partial charge in [-0.05, 0) is 43.0 Å². The molecule has 2 aromatic heterocycles. The second kappa shape index (κ2) is 11.2. The molecule has 0 unspecified atom stereocenters. The van der Waals surface area contributed by atoms with Gasteiger partial charge in [0.1, 0.15) is 11.0 Å². The predicted octanol–water partition coefficient (Wildman–Crippen LogP) is 7.11. The fourth-order valence-electron chi connectivity index (χ4n) is 4.89. The van der Waals surface area contributed by atoms with E-state index in [1.807, 2.05) is 0 Å². The lowest BCUT2D eigenvalue weighted by Crippen LogP contribution is -2.26. The van der Waals surface area contributed by atoms with E-state index in [0.717, 1.165) is 66.2 Å². The summed E-state index contributed by atoms with van der Waals surface area (Å²) in [5.74, 6) is 1.68. The van der Waals surface area contributed by atoms with Crippen LogP contribution in [-0.2, 0) is 24.2 Å². The minimum absolute atomic E-state index is 0.300. The third kappa shape index (κ3) is 5.65. The van der Waals surface area contributed by atoms with Gasteiger partial charge in [-0.3, -0.25) is 0 Å². The topological polar surface area (TPSA) is 66.1 Å². The molecule has 3 aromatic carbocycles. The average molecular weight is 508 g/mol. The monoisotopic (exact) mass is 507 g/mol. The van der Waals surface area contributed by atoms with E-state index in [1.54, 1.807) is 7.11 Å². The first-order valence-corrected chi connectivity index (χ1v) is 13.4. The molecule has 0 amide bonds. The normalized spacial score (nSPS) is 11.8. The highest BCUT2D eigenvalue weighted by Crippen LogP contribution is 2.35. The molecule has 0 saturated carbocycles. The minimum atomic E-state index is -0.300. The number of imidazole rings is 1. The van der Waals surface area contributed by atoms with Gasteiger partial charge < -0.3 is 19.9 Å². The first-order chi connectivity index (χ1) is 18.5. The quantitative estimate of drug-likeness (QED) is 0.199. The van der Waals surface area contributed by atoms with Crippen molar-refractivity contribution >= 4 is 33.7 Å². The maximum absolute atomic E-state index is 5.79. The third-order valence-electron chi connectivity index (χ3n) is 6.96. The number of pyridine rings is 1. The zero-order chi connectivity index (χ0) is 26.5. The summed E-state index contributed by atoms with van der Waals surface area (Å²) in [7, 11) is 1.77. The lowest BCUT2D eigenvalue weighted by atomic mass is 9.94. The second-order valence-corrected chi connectivity index (χ2v) is 10.5. The zero-order valence-corrected chi connectivity index (χ0v) is 22.8. The van der Waals surface area contributed by atoms with Gasteiger partial charge in [0, 0.05) is 38.6 Å². The van der Waals surface area contributed by atoms with Crippen LogP contribution in [0.4, 0.5) is 11.8 Å². The largest absolute Gasteiger partial charge is 0.378 e. The number of methoxy groups -OCH3 is 1. The van der Waals surface area contributed by atoms with Gasteiger partial charge in [-0.2, -0.15) is 0 Å². The van der Waals surface area contributed by atoms with E-state index in [4.69, 9.17) is 14.7 Å². The maximum atomic E-state index is 5.79. The van der Waals surface area contributed by atoms with Crippen molar-refractivity contribution in [2.45, 2.75) is 52.3 Å². The van der Waals surface area contributed by atoms with Gasteiger partial charge in [-0.25, -0.2) is 9.97 Å². The first kappa shape index (κ1) is 25.7. The summed E-state index contributed by atoms with van der Waals surface area (Å²) < 4.78 is 5.79. The molecule has 0 spiro atoms. The summed E-state index contributed by atoms with van der Waals surface area (Å²) in [6.07, 6.45) is 1.78. The van der Waals surface area contributed by atoms with Crippen LogP contribution in [0.3, 0.4) is 0 Å². The third-order valence-corrected chi connectivity index (χ3v) is 6.96. The second-order valence-electron chi connectivity index (χ2n) is 10.5. The Morgan fingerprint density at radius 2 is 1.53 bits per heavy atom. The maximum Gasteiger partial charge on any atom is 0.201 e. The predicted molar refractivity (Wildman–Crippen MR) is 158 cm³/mol. The number of benzene rings is 3. The van der Waals surface area contributed by atoms with Crippen LogP contribution in [-0.4, -0.2) is 34.2 Å². The summed E-state index contributed by atoms with van der Waals surface area (Å²) in [6, 6.07) is 27.5. The summed E-state index contributed by atoms with van der Waals surface area (Å²) in [6.45, 7) is 8.70. The molecule has 0 fully saturated rings. The Balaban J connectivity index is 1.70. The van der Waals surface area contributed by atoms with E-state index >= 15 is 0 Å². The summed E-state index contributed by atoms with van der Waals surface area (Å²) >= 11 is 0. The SMILES string of the molecule is CCCNc1nc2c([nH]1)c(N(Cc1ccccc1)Cc1ccccc1)nc1cccc(CC(C)(C)OC)c12. The zero-order valence-electron chi connectivity index (χ0n) is 22.8. The fraction of sp³-hybridized carbons (Fsp3) is 0.312. The number of hydrogen-bond donors (Lipinski definition) is 2. The van der Waals surface area contributed by atoms with Crippen molar-refractivity contribution < 1.29 is 4.74 Å². The summed E-state index contributed by atoms with van der Waals surface area (Å²) in [5.41, 5.74) is 6.19. The number of aromatic amines is 1. The number of rotatable bonds is 11. The van der Waals surface area contributed by atoms with Crippen molar-refractivity contribution in [2.75, 3.05) is 23.9 Å². The molecular weight excluding hydrogens is 470 g/mol. The van der Waals surface area contributed by atoms with Crippen LogP contribution in [0.1, 0.15) is 43.9 Å². The number of fused-ring (bicyclic) bond motifs is 3. The highest BCUT2D eigenvalue weighted by molar-refractivity contribution is 6.09. The average Bonchev–Trinajstić information content (AvgIpc) is 3.36. The molecule has 196 valence electrons. The summed E-state index contributed by atoms with van der Waals surface area (Å²) in [5, 5.41) is 4.54. The van der Waals surface area contributed by atoms with Gasteiger partial charge in [-0.1, -0.05) is 79.7 Å². The van der Waals surface area contributed by atoms with Gasteiger partial charge in [-0.15, -0.1) is 0 Å². The molecule has 5 aromatic rings. The Bertz CT molecular complexity index is 1450. The van der Waals surface area contributed by atoms with Gasteiger partial charge in [0.25, 0.3) is 0 Å². The number of nitrogens with zero attached hydrogens (tertiary/aromatic N) is 3. The number of nitrogens with one attached hydrogen (secondary N) is 2. The summed E-state index contributed by atoms with van der Waals surface area (Å²) in [4.78, 5) is 16.3. The van der Waals surface area contributed by atoms with E-state index in [2.05, 4.69) is 115 Å². The van der Waals surface area contributed by atoms with Crippen LogP contribution in [0.5, 0.6) is 0 Å².